The molecular formula is C19H33N. The summed E-state index contributed by atoms with van der Waals surface area (Å²) in [7, 11) is 0. The molecule has 0 amide bonds. The molecule has 0 aliphatic rings. The average molecular weight is 275 g/mol. The second kappa shape index (κ2) is 8.46. The van der Waals surface area contributed by atoms with Crippen molar-refractivity contribution in [3.8, 4) is 0 Å². The zero-order chi connectivity index (χ0) is 15.0. The Morgan fingerprint density at radius 1 is 0.900 bits per heavy atom. The lowest BCUT2D eigenvalue weighted by atomic mass is 9.86. The Morgan fingerprint density at radius 2 is 1.50 bits per heavy atom. The van der Waals surface area contributed by atoms with Crippen LogP contribution in [0.25, 0.3) is 0 Å². The average Bonchev–Trinajstić information content (AvgIpc) is 2.40. The van der Waals surface area contributed by atoms with Crippen LogP contribution in [-0.2, 0) is 5.54 Å². The quantitative estimate of drug-likeness (QED) is 0.582. The molecule has 1 nitrogen and oxygen atoms in total. The fourth-order valence-electron chi connectivity index (χ4n) is 2.69. The molecule has 0 aromatic heterocycles. The summed E-state index contributed by atoms with van der Waals surface area (Å²) in [6.07, 6.45) is 10.5. The second-order valence-electron chi connectivity index (χ2n) is 6.59. The molecule has 2 N–H and O–H groups in total. The fourth-order valence-corrected chi connectivity index (χ4v) is 2.69. The van der Waals surface area contributed by atoms with Crippen LogP contribution in [0.1, 0.15) is 81.9 Å². The van der Waals surface area contributed by atoms with Gasteiger partial charge in [-0.15, -0.1) is 0 Å². The van der Waals surface area contributed by atoms with E-state index in [9.17, 15) is 0 Å². The minimum absolute atomic E-state index is 0.179. The third-order valence-electron chi connectivity index (χ3n) is 4.47. The highest BCUT2D eigenvalue weighted by atomic mass is 14.7. The van der Waals surface area contributed by atoms with Gasteiger partial charge in [0.2, 0.25) is 0 Å². The van der Waals surface area contributed by atoms with E-state index in [0.717, 1.165) is 6.42 Å². The molecule has 0 saturated carbocycles. The smallest absolute Gasteiger partial charge is 0.0381 e. The largest absolute Gasteiger partial charge is 0.322 e. The Balaban J connectivity index is 2.35. The lowest BCUT2D eigenvalue weighted by Crippen LogP contribution is -2.33. The third kappa shape index (κ3) is 5.66. The number of hydrogen-bond acceptors (Lipinski definition) is 1. The molecule has 0 aliphatic carbocycles. The van der Waals surface area contributed by atoms with Crippen LogP contribution in [0.2, 0.25) is 0 Å². The second-order valence-corrected chi connectivity index (χ2v) is 6.59. The molecule has 0 heterocycles. The summed E-state index contributed by atoms with van der Waals surface area (Å²) in [5.41, 5.74) is 10.3. The van der Waals surface area contributed by atoms with Crippen molar-refractivity contribution < 1.29 is 0 Å². The highest BCUT2D eigenvalue weighted by Crippen LogP contribution is 2.26. The van der Waals surface area contributed by atoms with Gasteiger partial charge >= 0.3 is 0 Å². The molecule has 1 rings (SSSR count). The van der Waals surface area contributed by atoms with Gasteiger partial charge in [-0.1, -0.05) is 70.1 Å². The van der Waals surface area contributed by atoms with Crippen molar-refractivity contribution in [3.05, 3.63) is 34.9 Å². The van der Waals surface area contributed by atoms with Crippen LogP contribution in [0.4, 0.5) is 0 Å². The minimum atomic E-state index is -0.179. The summed E-state index contributed by atoms with van der Waals surface area (Å²) in [5.74, 6) is 0. The molecule has 1 aromatic rings. The summed E-state index contributed by atoms with van der Waals surface area (Å²) >= 11 is 0. The van der Waals surface area contributed by atoms with Crippen LogP contribution < -0.4 is 5.73 Å². The Bertz CT molecular complexity index is 393. The highest BCUT2D eigenvalue weighted by molar-refractivity contribution is 5.33. The number of aryl methyl sites for hydroxylation is 2. The number of benzene rings is 1. The zero-order valence-corrected chi connectivity index (χ0v) is 14.0. The van der Waals surface area contributed by atoms with Gasteiger partial charge in [-0.3, -0.25) is 0 Å². The van der Waals surface area contributed by atoms with E-state index in [1.54, 1.807) is 0 Å². The van der Waals surface area contributed by atoms with E-state index in [1.165, 1.54) is 61.6 Å². The van der Waals surface area contributed by atoms with E-state index in [0.29, 0.717) is 0 Å². The van der Waals surface area contributed by atoms with Gasteiger partial charge in [-0.25, -0.2) is 0 Å². The minimum Gasteiger partial charge on any atom is -0.322 e. The van der Waals surface area contributed by atoms with Gasteiger partial charge in [0.05, 0.1) is 0 Å². The van der Waals surface area contributed by atoms with Gasteiger partial charge in [0.1, 0.15) is 0 Å². The standard InChI is InChI=1S/C19H33N/c1-5-6-7-8-9-10-11-14-19(4,20)18-13-12-16(2)17(3)15-18/h12-13,15H,5-11,14,20H2,1-4H3. The van der Waals surface area contributed by atoms with Gasteiger partial charge in [0.15, 0.2) is 0 Å². The van der Waals surface area contributed by atoms with E-state index < -0.39 is 0 Å². The Morgan fingerprint density at radius 3 is 2.10 bits per heavy atom. The molecule has 0 saturated heterocycles. The first-order chi connectivity index (χ1) is 9.47. The predicted octanol–water partition coefficient (Wildman–Crippen LogP) is 5.62. The molecule has 0 radical (unpaired) electrons. The summed E-state index contributed by atoms with van der Waals surface area (Å²) < 4.78 is 0. The maximum atomic E-state index is 6.52. The lowest BCUT2D eigenvalue weighted by molar-refractivity contribution is 0.420. The highest BCUT2D eigenvalue weighted by Gasteiger charge is 2.20. The van der Waals surface area contributed by atoms with Gasteiger partial charge in [0, 0.05) is 5.54 Å². The van der Waals surface area contributed by atoms with Crippen molar-refractivity contribution >= 4 is 0 Å². The Kier molecular flexibility index (Phi) is 7.29. The number of nitrogens with two attached hydrogens (primary N) is 1. The van der Waals surface area contributed by atoms with Crippen molar-refractivity contribution in [2.75, 3.05) is 0 Å². The van der Waals surface area contributed by atoms with E-state index in [1.807, 2.05) is 0 Å². The van der Waals surface area contributed by atoms with Crippen molar-refractivity contribution in [1.82, 2.24) is 0 Å². The molecule has 114 valence electrons. The van der Waals surface area contributed by atoms with Crippen molar-refractivity contribution in [2.45, 2.75) is 84.6 Å². The van der Waals surface area contributed by atoms with Crippen molar-refractivity contribution in [3.63, 3.8) is 0 Å². The first-order valence-electron chi connectivity index (χ1n) is 8.34. The van der Waals surface area contributed by atoms with Gasteiger partial charge in [0.25, 0.3) is 0 Å². The van der Waals surface area contributed by atoms with Crippen LogP contribution >= 0.6 is 0 Å². The fraction of sp³-hybridized carbons (Fsp3) is 0.684. The molecule has 0 fully saturated rings. The van der Waals surface area contributed by atoms with Gasteiger partial charge < -0.3 is 5.73 Å². The van der Waals surface area contributed by atoms with Crippen LogP contribution in [0, 0.1) is 13.8 Å². The van der Waals surface area contributed by atoms with Gasteiger partial charge in [-0.2, -0.15) is 0 Å². The summed E-state index contributed by atoms with van der Waals surface area (Å²) in [6.45, 7) is 8.77. The summed E-state index contributed by atoms with van der Waals surface area (Å²) in [6, 6.07) is 6.65. The summed E-state index contributed by atoms with van der Waals surface area (Å²) in [4.78, 5) is 0. The maximum absolute atomic E-state index is 6.52. The molecule has 1 unspecified atom stereocenters. The van der Waals surface area contributed by atoms with Crippen molar-refractivity contribution in [1.29, 1.82) is 0 Å². The lowest BCUT2D eigenvalue weighted by Gasteiger charge is -2.26. The van der Waals surface area contributed by atoms with Crippen LogP contribution in [0.3, 0.4) is 0 Å². The predicted molar refractivity (Wildman–Crippen MR) is 90.1 cm³/mol. The SMILES string of the molecule is CCCCCCCCCC(C)(N)c1ccc(C)c(C)c1. The van der Waals surface area contributed by atoms with E-state index >= 15 is 0 Å². The molecule has 1 aromatic carbocycles. The zero-order valence-electron chi connectivity index (χ0n) is 14.0. The molecule has 20 heavy (non-hydrogen) atoms. The normalized spacial score (nSPS) is 14.2. The number of rotatable bonds is 9. The monoisotopic (exact) mass is 275 g/mol. The molecule has 1 heteroatoms. The molecule has 0 spiro atoms. The van der Waals surface area contributed by atoms with E-state index in [-0.39, 0.29) is 5.54 Å². The van der Waals surface area contributed by atoms with E-state index in [2.05, 4.69) is 45.9 Å². The van der Waals surface area contributed by atoms with Crippen molar-refractivity contribution in [2.24, 2.45) is 5.73 Å². The first-order valence-corrected chi connectivity index (χ1v) is 8.34. The van der Waals surface area contributed by atoms with E-state index in [4.69, 9.17) is 5.73 Å². The Hall–Kier alpha value is -0.820. The molecule has 1 atom stereocenters. The number of unbranched alkanes of at least 4 members (excludes halogenated alkanes) is 6. The maximum Gasteiger partial charge on any atom is 0.0381 e. The molecule has 0 bridgehead atoms. The topological polar surface area (TPSA) is 26.0 Å². The third-order valence-corrected chi connectivity index (χ3v) is 4.47. The summed E-state index contributed by atoms with van der Waals surface area (Å²) in [5, 5.41) is 0. The van der Waals surface area contributed by atoms with Crippen LogP contribution in [-0.4, -0.2) is 0 Å². The molecule has 0 aliphatic heterocycles. The van der Waals surface area contributed by atoms with Crippen LogP contribution in [0.15, 0.2) is 18.2 Å². The van der Waals surface area contributed by atoms with Crippen LogP contribution in [0.5, 0.6) is 0 Å². The molecular weight excluding hydrogens is 242 g/mol. The van der Waals surface area contributed by atoms with Gasteiger partial charge in [-0.05, 0) is 43.9 Å². The number of hydrogen-bond donors (Lipinski definition) is 1. The Labute approximate surface area is 126 Å². The first kappa shape index (κ1) is 17.2.